The maximum atomic E-state index is 11.3. The van der Waals surface area contributed by atoms with Gasteiger partial charge in [-0.25, -0.2) is 4.79 Å². The molecule has 0 aliphatic carbocycles. The number of hydrogen-bond acceptors (Lipinski definition) is 4. The van der Waals surface area contributed by atoms with Crippen LogP contribution in [0.3, 0.4) is 0 Å². The highest BCUT2D eigenvalue weighted by Gasteiger charge is 2.09. The van der Waals surface area contributed by atoms with Crippen LogP contribution in [-0.2, 0) is 0 Å². The van der Waals surface area contributed by atoms with Crippen molar-refractivity contribution in [1.82, 2.24) is 0 Å². The van der Waals surface area contributed by atoms with Gasteiger partial charge in [-0.2, -0.15) is 0 Å². The lowest BCUT2D eigenvalue weighted by molar-refractivity contribution is 0.314. The van der Waals surface area contributed by atoms with Crippen LogP contribution in [0.5, 0.6) is 5.75 Å². The molecule has 0 aliphatic rings. The maximum Gasteiger partial charge on any atom is 0.339 e. The summed E-state index contributed by atoms with van der Waals surface area (Å²) in [5.74, 6) is 0.440. The molecule has 0 saturated heterocycles. The van der Waals surface area contributed by atoms with Crippen molar-refractivity contribution in [2.24, 2.45) is 5.73 Å². The fourth-order valence-corrected chi connectivity index (χ4v) is 1.78. The molecule has 4 nitrogen and oxygen atoms in total. The molecule has 0 saturated carbocycles. The molecule has 0 aliphatic heterocycles. The van der Waals surface area contributed by atoms with Gasteiger partial charge in [0, 0.05) is 0 Å². The topological polar surface area (TPSA) is 65.5 Å². The van der Waals surface area contributed by atoms with E-state index in [0.717, 1.165) is 0 Å². The molecule has 1 heterocycles. The van der Waals surface area contributed by atoms with Crippen LogP contribution in [0, 0.1) is 0 Å². The van der Waals surface area contributed by atoms with E-state index in [4.69, 9.17) is 26.5 Å². The molecule has 2 N–H and O–H groups in total. The minimum Gasteiger partial charge on any atom is -0.492 e. The highest BCUT2D eigenvalue weighted by molar-refractivity contribution is 6.35. The fraction of sp³-hybridized carbons (Fsp3) is 0.250. The van der Waals surface area contributed by atoms with Crippen molar-refractivity contribution in [2.45, 2.75) is 6.42 Å². The molecule has 2 aromatic rings. The van der Waals surface area contributed by atoms with E-state index in [0.29, 0.717) is 41.3 Å². The van der Waals surface area contributed by atoms with Gasteiger partial charge in [-0.15, -0.1) is 0 Å². The Morgan fingerprint density at radius 2 is 2.24 bits per heavy atom. The van der Waals surface area contributed by atoms with Crippen molar-refractivity contribution in [2.75, 3.05) is 13.2 Å². The van der Waals surface area contributed by atoms with Gasteiger partial charge in [0.1, 0.15) is 11.3 Å². The molecule has 17 heavy (non-hydrogen) atoms. The molecule has 0 spiro atoms. The summed E-state index contributed by atoms with van der Waals surface area (Å²) in [5, 5.41) is 1.11. The van der Waals surface area contributed by atoms with Gasteiger partial charge in [-0.3, -0.25) is 0 Å². The standard InChI is InChI=1S/C12H12ClNO3/c13-8-3-1-4-9-12(8)10(7-11(15)17-9)16-6-2-5-14/h1,3-4,7H,2,5-6,14H2. The molecular weight excluding hydrogens is 242 g/mol. The zero-order chi connectivity index (χ0) is 12.3. The van der Waals surface area contributed by atoms with Gasteiger partial charge < -0.3 is 14.9 Å². The number of rotatable bonds is 4. The van der Waals surface area contributed by atoms with E-state index >= 15 is 0 Å². The Hall–Kier alpha value is -1.52. The van der Waals surface area contributed by atoms with Crippen LogP contribution in [0.2, 0.25) is 5.02 Å². The number of halogens is 1. The second-order valence-corrected chi connectivity index (χ2v) is 3.94. The van der Waals surface area contributed by atoms with Crippen molar-refractivity contribution in [3.63, 3.8) is 0 Å². The van der Waals surface area contributed by atoms with E-state index in [1.807, 2.05) is 0 Å². The Balaban J connectivity index is 2.48. The Morgan fingerprint density at radius 3 is 3.00 bits per heavy atom. The number of hydrogen-bond donors (Lipinski definition) is 1. The predicted molar refractivity (Wildman–Crippen MR) is 66.7 cm³/mol. The SMILES string of the molecule is NCCCOc1cc(=O)oc2cccc(Cl)c12. The molecular formula is C12H12ClNO3. The van der Waals surface area contributed by atoms with Crippen molar-refractivity contribution >= 4 is 22.6 Å². The number of nitrogens with two attached hydrogens (primary N) is 1. The fourth-order valence-electron chi connectivity index (χ4n) is 1.52. The second-order valence-electron chi connectivity index (χ2n) is 3.53. The Kier molecular flexibility index (Phi) is 3.66. The van der Waals surface area contributed by atoms with E-state index in [2.05, 4.69) is 0 Å². The van der Waals surface area contributed by atoms with Gasteiger partial charge >= 0.3 is 5.63 Å². The van der Waals surface area contributed by atoms with Crippen molar-refractivity contribution in [1.29, 1.82) is 0 Å². The third-order valence-corrected chi connectivity index (χ3v) is 2.60. The zero-order valence-corrected chi connectivity index (χ0v) is 9.87. The molecule has 0 unspecified atom stereocenters. The summed E-state index contributed by atoms with van der Waals surface area (Å²) in [6.07, 6.45) is 0.714. The average Bonchev–Trinajstić information content (AvgIpc) is 2.28. The summed E-state index contributed by atoms with van der Waals surface area (Å²) in [6.45, 7) is 0.980. The second kappa shape index (κ2) is 5.21. The van der Waals surface area contributed by atoms with Crippen LogP contribution < -0.4 is 16.1 Å². The molecule has 1 aromatic heterocycles. The Bertz CT molecular complexity index is 579. The molecule has 0 atom stereocenters. The number of ether oxygens (including phenoxy) is 1. The third-order valence-electron chi connectivity index (χ3n) is 2.29. The molecule has 0 fully saturated rings. The van der Waals surface area contributed by atoms with Crippen LogP contribution in [0.4, 0.5) is 0 Å². The van der Waals surface area contributed by atoms with Crippen molar-refractivity contribution in [3.8, 4) is 5.75 Å². The molecule has 2 rings (SSSR count). The van der Waals surface area contributed by atoms with Crippen molar-refractivity contribution in [3.05, 3.63) is 39.7 Å². The van der Waals surface area contributed by atoms with E-state index in [-0.39, 0.29) is 0 Å². The highest BCUT2D eigenvalue weighted by Crippen LogP contribution is 2.30. The summed E-state index contributed by atoms with van der Waals surface area (Å²) in [7, 11) is 0. The minimum absolute atomic E-state index is 0.424. The van der Waals surface area contributed by atoms with Gasteiger partial charge in [0.25, 0.3) is 0 Å². The van der Waals surface area contributed by atoms with E-state index in [1.54, 1.807) is 18.2 Å². The van der Waals surface area contributed by atoms with Crippen LogP contribution in [0.15, 0.2) is 33.5 Å². The van der Waals surface area contributed by atoms with Gasteiger partial charge in [0.05, 0.1) is 23.1 Å². The summed E-state index contributed by atoms with van der Waals surface area (Å²) in [6, 6.07) is 6.42. The lowest BCUT2D eigenvalue weighted by atomic mass is 10.2. The quantitative estimate of drug-likeness (QED) is 0.670. The van der Waals surface area contributed by atoms with Crippen molar-refractivity contribution < 1.29 is 9.15 Å². The summed E-state index contributed by atoms with van der Waals surface area (Å²) in [5.41, 5.74) is 5.35. The van der Waals surface area contributed by atoms with Crippen LogP contribution in [0.1, 0.15) is 6.42 Å². The van der Waals surface area contributed by atoms with E-state index < -0.39 is 5.63 Å². The summed E-state index contributed by atoms with van der Waals surface area (Å²) in [4.78, 5) is 11.3. The van der Waals surface area contributed by atoms with Gasteiger partial charge in [0.2, 0.25) is 0 Å². The molecule has 0 bridgehead atoms. The monoisotopic (exact) mass is 253 g/mol. The van der Waals surface area contributed by atoms with Crippen LogP contribution in [0.25, 0.3) is 11.0 Å². The number of benzene rings is 1. The first-order valence-electron chi connectivity index (χ1n) is 5.27. The van der Waals surface area contributed by atoms with Gasteiger partial charge in [-0.05, 0) is 25.1 Å². The smallest absolute Gasteiger partial charge is 0.339 e. The van der Waals surface area contributed by atoms with Gasteiger partial charge in [0.15, 0.2) is 0 Å². The normalized spacial score (nSPS) is 10.7. The van der Waals surface area contributed by atoms with E-state index in [1.165, 1.54) is 6.07 Å². The van der Waals surface area contributed by atoms with Gasteiger partial charge in [-0.1, -0.05) is 17.7 Å². The highest BCUT2D eigenvalue weighted by atomic mass is 35.5. The average molecular weight is 254 g/mol. The molecule has 0 amide bonds. The first-order valence-corrected chi connectivity index (χ1v) is 5.65. The van der Waals surface area contributed by atoms with Crippen LogP contribution >= 0.6 is 11.6 Å². The lowest BCUT2D eigenvalue weighted by Crippen LogP contribution is -2.08. The zero-order valence-electron chi connectivity index (χ0n) is 9.11. The van der Waals surface area contributed by atoms with Crippen LogP contribution in [-0.4, -0.2) is 13.2 Å². The molecule has 0 radical (unpaired) electrons. The molecule has 90 valence electrons. The Morgan fingerprint density at radius 1 is 1.41 bits per heavy atom. The summed E-state index contributed by atoms with van der Waals surface area (Å²) < 4.78 is 10.5. The first kappa shape index (κ1) is 12.0. The summed E-state index contributed by atoms with van der Waals surface area (Å²) >= 11 is 6.06. The Labute approximate surface area is 103 Å². The lowest BCUT2D eigenvalue weighted by Gasteiger charge is -2.08. The molecule has 1 aromatic carbocycles. The largest absolute Gasteiger partial charge is 0.492 e. The predicted octanol–water partition coefficient (Wildman–Crippen LogP) is 2.17. The first-order chi connectivity index (χ1) is 8.22. The van der Waals surface area contributed by atoms with E-state index in [9.17, 15) is 4.79 Å². The third kappa shape index (κ3) is 2.60. The maximum absolute atomic E-state index is 11.3. The number of fused-ring (bicyclic) bond motifs is 1. The molecule has 5 heteroatoms. The minimum atomic E-state index is -0.456.